The van der Waals surface area contributed by atoms with E-state index in [0.29, 0.717) is 5.69 Å². The lowest BCUT2D eigenvalue weighted by Gasteiger charge is -2.31. The van der Waals surface area contributed by atoms with Crippen LogP contribution in [0, 0.1) is 0 Å². The van der Waals surface area contributed by atoms with Crippen LogP contribution in [0.1, 0.15) is 23.3 Å². The van der Waals surface area contributed by atoms with Crippen molar-refractivity contribution in [3.8, 4) is 22.8 Å². The summed E-state index contributed by atoms with van der Waals surface area (Å²) in [7, 11) is -5.88. The Morgan fingerprint density at radius 3 is 2.37 bits per heavy atom. The number of hydrogen-bond donors (Lipinski definition) is 0. The molecular weight excluding hydrogens is 501 g/mol. The van der Waals surface area contributed by atoms with E-state index in [0.717, 1.165) is 12.3 Å². The van der Waals surface area contributed by atoms with Gasteiger partial charge in [0.2, 0.25) is 0 Å². The van der Waals surface area contributed by atoms with E-state index in [1.54, 1.807) is 12.1 Å². The number of rotatable bonds is 5. The first-order chi connectivity index (χ1) is 16.4. The number of nitrogens with zero attached hydrogens (tertiary/aromatic N) is 5. The van der Waals surface area contributed by atoms with E-state index >= 15 is 0 Å². The summed E-state index contributed by atoms with van der Waals surface area (Å²) in [5.74, 6) is -4.10. The zero-order chi connectivity index (χ0) is 25.4. The molecule has 1 aliphatic rings. The average Bonchev–Trinajstić information content (AvgIpc) is 3.24. The molecule has 0 bridgehead atoms. The standard InChI is InChI=1S/C20H16F5N5O4S/c21-19(22)5-8-29(9-6-19)18(31)16-10-17(30(28-16)13-2-1-7-26-11-13)15-4-3-14(12-27-15)34-35(32,33)20(23,24)25/h1-4,7,10-12H,5-6,8-9H2. The molecule has 186 valence electrons. The number of aromatic nitrogens is 4. The second-order valence-electron chi connectivity index (χ2n) is 7.55. The van der Waals surface area contributed by atoms with E-state index in [2.05, 4.69) is 19.2 Å². The quantitative estimate of drug-likeness (QED) is 0.290. The number of likely N-dealkylation sites (tertiary alicyclic amines) is 1. The molecule has 1 amide bonds. The average molecular weight is 517 g/mol. The fraction of sp³-hybridized carbons (Fsp3) is 0.300. The van der Waals surface area contributed by atoms with Crippen molar-refractivity contribution >= 4 is 16.0 Å². The summed E-state index contributed by atoms with van der Waals surface area (Å²) in [6.45, 7) is -0.308. The molecule has 3 aromatic rings. The summed E-state index contributed by atoms with van der Waals surface area (Å²) < 4.78 is 92.3. The Labute approximate surface area is 195 Å². The summed E-state index contributed by atoms with van der Waals surface area (Å²) in [6, 6.07) is 6.70. The van der Waals surface area contributed by atoms with Crippen LogP contribution in [-0.2, 0) is 10.1 Å². The van der Waals surface area contributed by atoms with E-state index in [1.165, 1.54) is 34.1 Å². The van der Waals surface area contributed by atoms with Gasteiger partial charge in [-0.25, -0.2) is 13.5 Å². The first kappa shape index (κ1) is 24.5. The molecule has 3 aromatic heterocycles. The van der Waals surface area contributed by atoms with Gasteiger partial charge in [-0.1, -0.05) is 0 Å². The third-order valence-corrected chi connectivity index (χ3v) is 6.07. The first-order valence-corrected chi connectivity index (χ1v) is 11.4. The van der Waals surface area contributed by atoms with Crippen LogP contribution in [0.3, 0.4) is 0 Å². The lowest BCUT2D eigenvalue weighted by atomic mass is 10.1. The number of piperidine rings is 1. The molecule has 35 heavy (non-hydrogen) atoms. The van der Waals surface area contributed by atoms with Crippen LogP contribution in [-0.4, -0.2) is 63.5 Å². The van der Waals surface area contributed by atoms with Gasteiger partial charge in [-0.2, -0.15) is 26.7 Å². The highest BCUT2D eigenvalue weighted by atomic mass is 32.2. The number of halogens is 5. The van der Waals surface area contributed by atoms with Gasteiger partial charge < -0.3 is 9.08 Å². The third kappa shape index (κ3) is 5.23. The Morgan fingerprint density at radius 2 is 1.80 bits per heavy atom. The third-order valence-electron chi connectivity index (χ3n) is 5.09. The second kappa shape index (κ2) is 8.87. The zero-order valence-corrected chi connectivity index (χ0v) is 18.4. The van der Waals surface area contributed by atoms with Crippen LogP contribution in [0.15, 0.2) is 48.9 Å². The number of amides is 1. The summed E-state index contributed by atoms with van der Waals surface area (Å²) >= 11 is 0. The highest BCUT2D eigenvalue weighted by molar-refractivity contribution is 7.88. The van der Waals surface area contributed by atoms with Gasteiger partial charge in [0, 0.05) is 32.1 Å². The molecule has 4 heterocycles. The monoisotopic (exact) mass is 517 g/mol. The van der Waals surface area contributed by atoms with Gasteiger partial charge in [0.25, 0.3) is 11.8 Å². The van der Waals surface area contributed by atoms with Crippen molar-refractivity contribution in [1.82, 2.24) is 24.6 Å². The fourth-order valence-electron chi connectivity index (χ4n) is 3.30. The van der Waals surface area contributed by atoms with Crippen LogP contribution in [0.5, 0.6) is 5.75 Å². The zero-order valence-electron chi connectivity index (χ0n) is 17.6. The van der Waals surface area contributed by atoms with E-state index in [1.807, 2.05) is 0 Å². The van der Waals surface area contributed by atoms with Crippen molar-refractivity contribution < 1.29 is 39.3 Å². The fourth-order valence-corrected chi connectivity index (χ4v) is 3.74. The molecule has 4 rings (SSSR count). The molecule has 1 fully saturated rings. The van der Waals surface area contributed by atoms with Gasteiger partial charge in [0.15, 0.2) is 11.4 Å². The topological polar surface area (TPSA) is 107 Å². The minimum atomic E-state index is -5.88. The van der Waals surface area contributed by atoms with Gasteiger partial charge in [-0.05, 0) is 30.3 Å². The van der Waals surface area contributed by atoms with Crippen molar-refractivity contribution in [3.05, 3.63) is 54.6 Å². The number of carbonyl (C=O) groups excluding carboxylic acids is 1. The molecular formula is C20H16F5N5O4S. The highest BCUT2D eigenvalue weighted by Gasteiger charge is 2.48. The van der Waals surface area contributed by atoms with Gasteiger partial charge in [-0.15, -0.1) is 0 Å². The van der Waals surface area contributed by atoms with Crippen molar-refractivity contribution in [1.29, 1.82) is 0 Å². The van der Waals surface area contributed by atoms with Crippen LogP contribution < -0.4 is 4.18 Å². The van der Waals surface area contributed by atoms with E-state index < -0.39 is 46.0 Å². The number of alkyl halides is 5. The molecule has 0 atom stereocenters. The number of hydrogen-bond acceptors (Lipinski definition) is 7. The minimum absolute atomic E-state index is 0.0733. The summed E-state index contributed by atoms with van der Waals surface area (Å²) in [5.41, 5.74) is -4.95. The molecule has 0 aliphatic carbocycles. The molecule has 1 aliphatic heterocycles. The van der Waals surface area contributed by atoms with Crippen LogP contribution in [0.25, 0.3) is 17.1 Å². The summed E-state index contributed by atoms with van der Waals surface area (Å²) in [5, 5.41) is 4.26. The maximum Gasteiger partial charge on any atom is 0.534 e. The largest absolute Gasteiger partial charge is 0.534 e. The Kier molecular flexibility index (Phi) is 6.21. The van der Waals surface area contributed by atoms with Crippen molar-refractivity contribution in [2.24, 2.45) is 0 Å². The van der Waals surface area contributed by atoms with Crippen molar-refractivity contribution in [3.63, 3.8) is 0 Å². The predicted molar refractivity (Wildman–Crippen MR) is 110 cm³/mol. The van der Waals surface area contributed by atoms with E-state index in [9.17, 15) is 35.2 Å². The summed E-state index contributed by atoms with van der Waals surface area (Å²) in [6.07, 6.45) is 2.75. The Hall–Kier alpha value is -3.62. The van der Waals surface area contributed by atoms with E-state index in [-0.39, 0.29) is 30.2 Å². The molecule has 1 saturated heterocycles. The Bertz CT molecular complexity index is 1320. The van der Waals surface area contributed by atoms with Gasteiger partial charge >= 0.3 is 15.6 Å². The lowest BCUT2D eigenvalue weighted by molar-refractivity contribution is -0.0504. The maximum atomic E-state index is 13.5. The van der Waals surface area contributed by atoms with Crippen LogP contribution in [0.2, 0.25) is 0 Å². The Morgan fingerprint density at radius 1 is 1.09 bits per heavy atom. The molecule has 0 saturated carbocycles. The first-order valence-electron chi connectivity index (χ1n) is 10.0. The van der Waals surface area contributed by atoms with Crippen LogP contribution >= 0.6 is 0 Å². The van der Waals surface area contributed by atoms with E-state index in [4.69, 9.17) is 0 Å². The van der Waals surface area contributed by atoms with Crippen molar-refractivity contribution in [2.45, 2.75) is 24.3 Å². The lowest BCUT2D eigenvalue weighted by Crippen LogP contribution is -2.42. The number of pyridine rings is 2. The molecule has 0 unspecified atom stereocenters. The van der Waals surface area contributed by atoms with Gasteiger partial charge in [0.05, 0.1) is 29.5 Å². The second-order valence-corrected chi connectivity index (χ2v) is 9.09. The Balaban J connectivity index is 1.66. The van der Waals surface area contributed by atoms with Crippen LogP contribution in [0.4, 0.5) is 22.0 Å². The molecule has 0 spiro atoms. The maximum absolute atomic E-state index is 13.5. The SMILES string of the molecule is O=C(c1cc(-c2ccc(OS(=O)(=O)C(F)(F)F)cn2)n(-c2cccnc2)n1)N1CCC(F)(F)CC1. The molecule has 0 N–H and O–H groups in total. The molecule has 15 heteroatoms. The van der Waals surface area contributed by atoms with Crippen molar-refractivity contribution in [2.75, 3.05) is 13.1 Å². The minimum Gasteiger partial charge on any atom is -0.374 e. The molecule has 9 nitrogen and oxygen atoms in total. The number of carbonyl (C=O) groups is 1. The van der Waals surface area contributed by atoms with Gasteiger partial charge in [0.1, 0.15) is 0 Å². The summed E-state index contributed by atoms with van der Waals surface area (Å²) in [4.78, 5) is 22.1. The highest BCUT2D eigenvalue weighted by Crippen LogP contribution is 2.30. The molecule has 0 radical (unpaired) electrons. The molecule has 0 aromatic carbocycles. The predicted octanol–water partition coefficient (Wildman–Crippen LogP) is 3.43. The normalized spacial score (nSPS) is 16.2. The van der Waals surface area contributed by atoms with Gasteiger partial charge in [-0.3, -0.25) is 14.8 Å². The smallest absolute Gasteiger partial charge is 0.374 e.